The topological polar surface area (TPSA) is 75.3 Å². The number of carbonyl (C=O) groups excluding carboxylic acids is 1. The van der Waals surface area contributed by atoms with E-state index in [1.165, 1.54) is 18.2 Å². The highest BCUT2D eigenvalue weighted by atomic mass is 32.2. The first-order valence-corrected chi connectivity index (χ1v) is 9.79. The number of rotatable bonds is 7. The first-order chi connectivity index (χ1) is 12.2. The van der Waals surface area contributed by atoms with Crippen LogP contribution in [0.15, 0.2) is 53.4 Å². The summed E-state index contributed by atoms with van der Waals surface area (Å²) in [6.07, 6.45) is 0. The molecule has 0 aliphatic carbocycles. The minimum Gasteiger partial charge on any atom is -0.351 e. The van der Waals surface area contributed by atoms with E-state index >= 15 is 0 Å². The van der Waals surface area contributed by atoms with Crippen LogP contribution in [0.5, 0.6) is 0 Å². The van der Waals surface area contributed by atoms with Gasteiger partial charge in [0, 0.05) is 12.1 Å². The van der Waals surface area contributed by atoms with Crippen molar-refractivity contribution >= 4 is 15.9 Å². The third-order valence-corrected chi connectivity index (χ3v) is 5.43. The highest BCUT2D eigenvalue weighted by molar-refractivity contribution is 7.89. The molecule has 0 bridgehead atoms. The Hall–Kier alpha value is -2.25. The van der Waals surface area contributed by atoms with Crippen molar-refractivity contribution in [3.63, 3.8) is 0 Å². The van der Waals surface area contributed by atoms with Gasteiger partial charge >= 0.3 is 0 Å². The van der Waals surface area contributed by atoms with Crippen molar-refractivity contribution in [2.75, 3.05) is 0 Å². The van der Waals surface area contributed by atoms with E-state index in [0.29, 0.717) is 5.56 Å². The zero-order valence-electron chi connectivity index (χ0n) is 15.0. The van der Waals surface area contributed by atoms with Gasteiger partial charge in [-0.25, -0.2) is 12.8 Å². The number of amides is 1. The fourth-order valence-corrected chi connectivity index (χ4v) is 3.72. The van der Waals surface area contributed by atoms with Crippen LogP contribution in [0.2, 0.25) is 0 Å². The number of nitrogens with one attached hydrogen (secondary N) is 2. The van der Waals surface area contributed by atoms with Gasteiger partial charge in [-0.15, -0.1) is 0 Å². The average Bonchev–Trinajstić information content (AvgIpc) is 2.59. The van der Waals surface area contributed by atoms with Crippen LogP contribution in [0.1, 0.15) is 25.0 Å². The maximum atomic E-state index is 13.7. The van der Waals surface area contributed by atoms with E-state index in [2.05, 4.69) is 10.0 Å². The van der Waals surface area contributed by atoms with Gasteiger partial charge in [-0.1, -0.05) is 49.7 Å². The second-order valence-corrected chi connectivity index (χ2v) is 8.18. The fourth-order valence-electron chi connectivity index (χ4n) is 2.38. The summed E-state index contributed by atoms with van der Waals surface area (Å²) >= 11 is 0. The lowest BCUT2D eigenvalue weighted by Crippen LogP contribution is -2.49. The summed E-state index contributed by atoms with van der Waals surface area (Å²) in [4.78, 5) is 12.6. The van der Waals surface area contributed by atoms with Gasteiger partial charge in [0.25, 0.3) is 0 Å². The third-order valence-electron chi connectivity index (χ3n) is 3.97. The van der Waals surface area contributed by atoms with Crippen LogP contribution in [-0.4, -0.2) is 20.4 Å². The number of aryl methyl sites for hydroxylation is 1. The second kappa shape index (κ2) is 8.42. The van der Waals surface area contributed by atoms with E-state index in [1.807, 2.05) is 6.92 Å². The molecule has 0 aliphatic heterocycles. The zero-order chi connectivity index (χ0) is 19.3. The maximum Gasteiger partial charge on any atom is 0.241 e. The number of carbonyl (C=O) groups is 1. The lowest BCUT2D eigenvalue weighted by molar-refractivity contribution is -0.123. The Morgan fingerprint density at radius 2 is 1.69 bits per heavy atom. The van der Waals surface area contributed by atoms with Gasteiger partial charge in [-0.05, 0) is 31.0 Å². The Balaban J connectivity index is 2.11. The Labute approximate surface area is 153 Å². The molecule has 2 aromatic rings. The van der Waals surface area contributed by atoms with Crippen molar-refractivity contribution in [3.8, 4) is 0 Å². The lowest BCUT2D eigenvalue weighted by atomic mass is 10.0. The van der Waals surface area contributed by atoms with Crippen LogP contribution < -0.4 is 10.0 Å². The van der Waals surface area contributed by atoms with Crippen LogP contribution in [0.25, 0.3) is 0 Å². The molecule has 2 aromatic carbocycles. The molecule has 0 fully saturated rings. The highest BCUT2D eigenvalue weighted by Gasteiger charge is 2.28. The predicted octanol–water partition coefficient (Wildman–Crippen LogP) is 2.75. The number of sulfonamides is 1. The van der Waals surface area contributed by atoms with Crippen LogP contribution >= 0.6 is 0 Å². The largest absolute Gasteiger partial charge is 0.351 e. The molecule has 5 nitrogen and oxygen atoms in total. The van der Waals surface area contributed by atoms with E-state index in [1.54, 1.807) is 44.2 Å². The third kappa shape index (κ3) is 5.12. The van der Waals surface area contributed by atoms with Crippen LogP contribution in [0.4, 0.5) is 4.39 Å². The molecule has 26 heavy (non-hydrogen) atoms. The molecule has 7 heteroatoms. The van der Waals surface area contributed by atoms with Gasteiger partial charge in [0.15, 0.2) is 0 Å². The Morgan fingerprint density at radius 1 is 1.08 bits per heavy atom. The summed E-state index contributed by atoms with van der Waals surface area (Å²) in [6.45, 7) is 5.33. The molecule has 0 heterocycles. The minimum atomic E-state index is -3.84. The molecule has 2 rings (SSSR count). The zero-order valence-corrected chi connectivity index (χ0v) is 15.8. The Morgan fingerprint density at radius 3 is 2.27 bits per heavy atom. The van der Waals surface area contributed by atoms with Gasteiger partial charge in [-0.2, -0.15) is 4.72 Å². The van der Waals surface area contributed by atoms with Gasteiger partial charge in [-0.3, -0.25) is 4.79 Å². The normalized spacial score (nSPS) is 12.8. The molecule has 0 saturated heterocycles. The van der Waals surface area contributed by atoms with Gasteiger partial charge in [0.1, 0.15) is 11.9 Å². The van der Waals surface area contributed by atoms with Crippen molar-refractivity contribution in [2.45, 2.75) is 38.3 Å². The molecular formula is C19H23FN2O3S. The van der Waals surface area contributed by atoms with Crippen molar-refractivity contribution in [2.24, 2.45) is 5.92 Å². The molecule has 0 radical (unpaired) electrons. The fraction of sp³-hybridized carbons (Fsp3) is 0.316. The molecule has 1 amide bonds. The van der Waals surface area contributed by atoms with Crippen molar-refractivity contribution < 1.29 is 17.6 Å². The quantitative estimate of drug-likeness (QED) is 0.778. The van der Waals surface area contributed by atoms with Crippen LogP contribution in [0.3, 0.4) is 0 Å². The first kappa shape index (κ1) is 20.1. The van der Waals surface area contributed by atoms with E-state index in [4.69, 9.17) is 0 Å². The minimum absolute atomic E-state index is 0.0129. The molecule has 0 aromatic heterocycles. The van der Waals surface area contributed by atoms with Crippen molar-refractivity contribution in [1.82, 2.24) is 10.0 Å². The highest BCUT2D eigenvalue weighted by Crippen LogP contribution is 2.13. The van der Waals surface area contributed by atoms with E-state index in [9.17, 15) is 17.6 Å². The number of halogens is 1. The Bertz CT molecular complexity index is 865. The second-order valence-electron chi connectivity index (χ2n) is 6.47. The lowest BCUT2D eigenvalue weighted by Gasteiger charge is -2.22. The molecule has 0 unspecified atom stereocenters. The number of hydrogen-bond acceptors (Lipinski definition) is 3. The summed E-state index contributed by atoms with van der Waals surface area (Å²) in [5.41, 5.74) is 1.27. The maximum absolute atomic E-state index is 13.7. The Kier molecular flexibility index (Phi) is 6.50. The van der Waals surface area contributed by atoms with E-state index < -0.39 is 27.8 Å². The number of benzene rings is 2. The standard InChI is InChI=1S/C19H23FN2O3S/c1-13(2)18(19(23)21-12-15-6-4-5-7-17(15)20)22-26(24,25)16-10-8-14(3)9-11-16/h4-11,13,18,22H,12H2,1-3H3,(H,21,23)/t18-/m0/s1. The average molecular weight is 378 g/mol. The molecule has 140 valence electrons. The summed E-state index contributed by atoms with van der Waals surface area (Å²) in [6, 6.07) is 11.5. The summed E-state index contributed by atoms with van der Waals surface area (Å²) < 4.78 is 41.2. The molecule has 1 atom stereocenters. The van der Waals surface area contributed by atoms with Crippen LogP contribution in [-0.2, 0) is 21.4 Å². The first-order valence-electron chi connectivity index (χ1n) is 8.31. The SMILES string of the molecule is Cc1ccc(S(=O)(=O)N[C@H](C(=O)NCc2ccccc2F)C(C)C)cc1. The summed E-state index contributed by atoms with van der Waals surface area (Å²) in [7, 11) is -3.84. The molecule has 0 saturated carbocycles. The molecule has 0 aliphatic rings. The molecule has 2 N–H and O–H groups in total. The van der Waals surface area contributed by atoms with Crippen molar-refractivity contribution in [1.29, 1.82) is 0 Å². The smallest absolute Gasteiger partial charge is 0.241 e. The van der Waals surface area contributed by atoms with Gasteiger partial charge in [0.05, 0.1) is 4.90 Å². The van der Waals surface area contributed by atoms with Gasteiger partial charge < -0.3 is 5.32 Å². The summed E-state index contributed by atoms with van der Waals surface area (Å²) in [5.74, 6) is -1.20. The van der Waals surface area contributed by atoms with E-state index in [-0.39, 0.29) is 17.4 Å². The number of hydrogen-bond donors (Lipinski definition) is 2. The van der Waals surface area contributed by atoms with E-state index in [0.717, 1.165) is 5.56 Å². The predicted molar refractivity (Wildman–Crippen MR) is 98.4 cm³/mol. The molecule has 0 spiro atoms. The monoisotopic (exact) mass is 378 g/mol. The van der Waals surface area contributed by atoms with Crippen molar-refractivity contribution in [3.05, 3.63) is 65.5 Å². The summed E-state index contributed by atoms with van der Waals surface area (Å²) in [5, 5.41) is 2.60. The molecular weight excluding hydrogens is 355 g/mol. The van der Waals surface area contributed by atoms with Crippen LogP contribution in [0, 0.1) is 18.7 Å². The van der Waals surface area contributed by atoms with Gasteiger partial charge in [0.2, 0.25) is 15.9 Å².